The number of rotatable bonds is 18. The molecule has 2 heterocycles. The van der Waals surface area contributed by atoms with Gasteiger partial charge in [0.1, 0.15) is 0 Å². The van der Waals surface area contributed by atoms with Gasteiger partial charge in [0, 0.05) is 63.3 Å². The van der Waals surface area contributed by atoms with E-state index in [1.807, 2.05) is 22.7 Å². The van der Waals surface area contributed by atoms with Crippen LogP contribution in [0.25, 0.3) is 152 Å². The topological polar surface area (TPSA) is 3.24 Å². The Bertz CT molecular complexity index is 7980. The van der Waals surface area contributed by atoms with E-state index in [4.69, 9.17) is 0 Å². The average molecular weight is 1790 g/mol. The summed E-state index contributed by atoms with van der Waals surface area (Å²) in [5, 5.41) is 5.08. The van der Waals surface area contributed by atoms with Crippen LogP contribution in [0.1, 0.15) is 67.1 Å². The molecule has 0 saturated heterocycles. The molecule has 26 rings (SSSR count). The maximum Gasteiger partial charge on any atom is 0.0714 e. The fourth-order valence-electron chi connectivity index (χ4n) is 22.3. The van der Waals surface area contributed by atoms with Crippen LogP contribution in [0.2, 0.25) is 0 Å². The van der Waals surface area contributed by atoms with Gasteiger partial charge < -0.3 is 4.90 Å². The number of anilines is 3. The summed E-state index contributed by atoms with van der Waals surface area (Å²) >= 11 is 3.76. The minimum Gasteiger partial charge on any atom is -0.310 e. The van der Waals surface area contributed by atoms with Crippen molar-refractivity contribution in [3.05, 3.63) is 607 Å². The minimum atomic E-state index is -0.608. The molecular weight excluding hydrogens is 1700 g/mol. The van der Waals surface area contributed by atoms with Crippen LogP contribution in [0.3, 0.4) is 0 Å². The van der Waals surface area contributed by atoms with Crippen molar-refractivity contribution in [2.45, 2.75) is 16.7 Å². The second-order valence-corrected chi connectivity index (χ2v) is 38.6. The molecular formula is C135H91NS2. The Kier molecular flexibility index (Phi) is 21.3. The zero-order valence-corrected chi connectivity index (χ0v) is 77.4. The molecule has 24 aromatic rings. The molecule has 0 bridgehead atoms. The van der Waals surface area contributed by atoms with Gasteiger partial charge in [-0.3, -0.25) is 0 Å². The van der Waals surface area contributed by atoms with E-state index in [-0.39, 0.29) is 5.92 Å². The van der Waals surface area contributed by atoms with Crippen LogP contribution in [0.5, 0.6) is 0 Å². The fourth-order valence-corrected chi connectivity index (χ4v) is 24.4. The number of para-hydroxylation sites is 1. The summed E-state index contributed by atoms with van der Waals surface area (Å²) in [5.74, 6) is -0.00285. The molecule has 648 valence electrons. The molecule has 0 amide bonds. The third-order valence-corrected chi connectivity index (χ3v) is 30.8. The number of nitrogens with zero attached hydrogens (tertiary/aromatic N) is 1. The summed E-state index contributed by atoms with van der Waals surface area (Å²) in [7, 11) is 0. The molecule has 2 aliphatic rings. The van der Waals surface area contributed by atoms with E-state index in [0.29, 0.717) is 0 Å². The van der Waals surface area contributed by atoms with E-state index in [1.165, 1.54) is 213 Å². The van der Waals surface area contributed by atoms with Crippen LogP contribution >= 0.6 is 22.7 Å². The maximum atomic E-state index is 2.54. The summed E-state index contributed by atoms with van der Waals surface area (Å²) in [4.78, 5) is 2.43. The predicted octanol–water partition coefficient (Wildman–Crippen LogP) is 36.8. The van der Waals surface area contributed by atoms with Crippen molar-refractivity contribution in [3.63, 3.8) is 0 Å². The lowest BCUT2D eigenvalue weighted by Crippen LogP contribution is -2.28. The smallest absolute Gasteiger partial charge is 0.0714 e. The molecule has 0 saturated carbocycles. The number of thiophene rings is 2. The average Bonchev–Trinajstić information content (AvgIpc) is 1.53. The van der Waals surface area contributed by atoms with E-state index in [1.54, 1.807) is 0 Å². The minimum absolute atomic E-state index is 0.00285. The van der Waals surface area contributed by atoms with E-state index in [0.717, 1.165) is 17.1 Å². The number of benzene rings is 22. The standard InChI is InChI=1S/C68H46S.C67H45NS/c1-5-19-46(20-6-1)50-27-17-29-52(39-50)67(53-30-18-28-51(40-53)47-21-7-2-8-22-47)54-35-37-65-61(44-54)62-45-57(36-38-66(62)69-65)68(63-33-15-13-31-59(63)60-32-14-16-34-64(60)68)58-42-55(48-23-9-3-10-24-48)41-56(43-58)49-25-11-4-12-26-49;1-6-20-46(21-7-1)50-38-51(47-22-8-2-9-23-47)41-55(40-50)67(63-32-18-16-30-59(63)60-31-17-19-33-64(60)67)54-34-36-65-61(44-54)62-45-57(35-37-66(62)69-65)68(56-28-14-5-15-29-56)58-42-52(48-24-10-3-11-25-48)39-53(43-58)49-26-12-4-13-27-49/h1-45,67H;1-45H. The first kappa shape index (κ1) is 82.9. The summed E-state index contributed by atoms with van der Waals surface area (Å²) in [6.07, 6.45) is 0. The monoisotopic (exact) mass is 1790 g/mol. The first-order valence-electron chi connectivity index (χ1n) is 47.6. The Hall–Kier alpha value is -16.9. The third-order valence-electron chi connectivity index (χ3n) is 28.5. The lowest BCUT2D eigenvalue weighted by atomic mass is 9.66. The molecule has 0 unspecified atom stereocenters. The lowest BCUT2D eigenvalue weighted by Gasteiger charge is -2.35. The number of hydrogen-bond donors (Lipinski definition) is 0. The second kappa shape index (κ2) is 35.5. The highest BCUT2D eigenvalue weighted by molar-refractivity contribution is 7.26. The molecule has 138 heavy (non-hydrogen) atoms. The van der Waals surface area contributed by atoms with Crippen molar-refractivity contribution in [2.75, 3.05) is 4.90 Å². The van der Waals surface area contributed by atoms with Crippen molar-refractivity contribution >= 4 is 80.1 Å². The molecule has 0 atom stereocenters. The number of fused-ring (bicyclic) bond motifs is 12. The van der Waals surface area contributed by atoms with Crippen LogP contribution < -0.4 is 4.90 Å². The Morgan fingerprint density at radius 3 is 0.754 bits per heavy atom. The lowest BCUT2D eigenvalue weighted by molar-refractivity contribution is 0.771. The highest BCUT2D eigenvalue weighted by atomic mass is 32.1. The van der Waals surface area contributed by atoms with Gasteiger partial charge in [-0.05, 0) is 294 Å². The Morgan fingerprint density at radius 1 is 0.152 bits per heavy atom. The Morgan fingerprint density at radius 2 is 0.413 bits per heavy atom. The highest BCUT2D eigenvalue weighted by Crippen LogP contribution is 2.61. The molecule has 3 heteroatoms. The fraction of sp³-hybridized carbons (Fsp3) is 0.0222. The molecule has 0 radical (unpaired) electrons. The Balaban J connectivity index is 0.000000146. The Labute approximate surface area is 813 Å². The molecule has 0 N–H and O–H groups in total. The van der Waals surface area contributed by atoms with Gasteiger partial charge >= 0.3 is 0 Å². The van der Waals surface area contributed by atoms with Crippen LogP contribution in [0, 0.1) is 0 Å². The highest BCUT2D eigenvalue weighted by Gasteiger charge is 2.49. The summed E-state index contributed by atoms with van der Waals surface area (Å²) in [6.45, 7) is 0. The van der Waals surface area contributed by atoms with Gasteiger partial charge in [0.05, 0.1) is 10.8 Å². The molecule has 1 nitrogen and oxygen atoms in total. The molecule has 0 aliphatic heterocycles. The first-order valence-corrected chi connectivity index (χ1v) is 49.3. The van der Waals surface area contributed by atoms with Crippen LogP contribution in [0.4, 0.5) is 17.1 Å². The van der Waals surface area contributed by atoms with E-state index < -0.39 is 10.8 Å². The second-order valence-electron chi connectivity index (χ2n) is 36.4. The third kappa shape index (κ3) is 14.8. The van der Waals surface area contributed by atoms with Crippen LogP contribution in [0.15, 0.2) is 546 Å². The van der Waals surface area contributed by atoms with Gasteiger partial charge in [-0.1, -0.05) is 425 Å². The summed E-state index contributed by atoms with van der Waals surface area (Å²) in [5.41, 5.74) is 40.6. The molecule has 0 fully saturated rings. The van der Waals surface area contributed by atoms with Crippen LogP contribution in [-0.2, 0) is 10.8 Å². The largest absolute Gasteiger partial charge is 0.310 e. The van der Waals surface area contributed by atoms with Crippen LogP contribution in [-0.4, -0.2) is 0 Å². The predicted molar refractivity (Wildman–Crippen MR) is 585 cm³/mol. The van der Waals surface area contributed by atoms with Crippen molar-refractivity contribution in [3.8, 4) is 111 Å². The molecule has 2 aromatic heterocycles. The molecule has 2 aliphatic carbocycles. The first-order chi connectivity index (χ1) is 68.4. The molecule has 22 aromatic carbocycles. The van der Waals surface area contributed by atoms with E-state index in [9.17, 15) is 0 Å². The normalized spacial score (nSPS) is 12.5. The summed E-state index contributed by atoms with van der Waals surface area (Å²) < 4.78 is 5.12. The van der Waals surface area contributed by atoms with Crippen molar-refractivity contribution in [1.82, 2.24) is 0 Å². The zero-order chi connectivity index (χ0) is 91.5. The van der Waals surface area contributed by atoms with Gasteiger partial charge in [0.15, 0.2) is 0 Å². The van der Waals surface area contributed by atoms with Crippen molar-refractivity contribution in [1.29, 1.82) is 0 Å². The SMILES string of the molecule is c1ccc(-c2cc(-c3ccccc3)cc(N(c3ccccc3)c3ccc4sc5ccc(C6(c7cc(-c8ccccc8)cc(-c8ccccc8)c7)c7ccccc7-c7ccccc76)cc5c4c3)c2)cc1.c1ccc(-c2cccc(C(c3cccc(-c4ccccc4)c3)c3ccc4sc5ccc(C6(c7cc(-c8ccccc8)cc(-c8ccccc8)c7)c7ccccc7-c7ccccc76)cc5c4c3)c2)cc1. The maximum absolute atomic E-state index is 2.54. The van der Waals surface area contributed by atoms with E-state index in [2.05, 4.69) is 551 Å². The van der Waals surface area contributed by atoms with Gasteiger partial charge in [-0.2, -0.15) is 0 Å². The van der Waals surface area contributed by atoms with E-state index >= 15 is 0 Å². The van der Waals surface area contributed by atoms with Gasteiger partial charge in [0.25, 0.3) is 0 Å². The zero-order valence-electron chi connectivity index (χ0n) is 75.8. The quantitative estimate of drug-likeness (QED) is 0.0774. The number of hydrogen-bond acceptors (Lipinski definition) is 3. The van der Waals surface area contributed by atoms with Gasteiger partial charge in [-0.15, -0.1) is 22.7 Å². The van der Waals surface area contributed by atoms with Crippen molar-refractivity contribution in [2.24, 2.45) is 0 Å². The summed E-state index contributed by atoms with van der Waals surface area (Å²) in [6, 6.07) is 203. The molecule has 0 spiro atoms. The van der Waals surface area contributed by atoms with Crippen molar-refractivity contribution < 1.29 is 0 Å². The van der Waals surface area contributed by atoms with Gasteiger partial charge in [-0.25, -0.2) is 0 Å². The van der Waals surface area contributed by atoms with Gasteiger partial charge in [0.2, 0.25) is 0 Å².